The molecule has 122 valence electrons. The standard InChI is InChI=1S/C14H26N2O4S/c1-11-9-12(2)14(17)13(20-3)7-5-4-6-8-15-21(18,19)16-10-11/h5,7,9,12-17H,4,6,8,10H2,1-3H3/b7-5+,11-9-/t12-,13+,14+/m1/s1. The molecule has 0 aromatic heterocycles. The van der Waals surface area contributed by atoms with E-state index in [1.165, 1.54) is 0 Å². The normalized spacial score (nSPS) is 36.2. The van der Waals surface area contributed by atoms with Crippen molar-refractivity contribution in [2.75, 3.05) is 20.2 Å². The zero-order valence-electron chi connectivity index (χ0n) is 12.9. The first kappa shape index (κ1) is 18.3. The van der Waals surface area contributed by atoms with Crippen LogP contribution in [0.1, 0.15) is 26.7 Å². The summed E-state index contributed by atoms with van der Waals surface area (Å²) in [5, 5.41) is 10.3. The minimum Gasteiger partial charge on any atom is -0.389 e. The maximum absolute atomic E-state index is 11.7. The smallest absolute Gasteiger partial charge is 0.277 e. The van der Waals surface area contributed by atoms with Crippen molar-refractivity contribution in [3.05, 3.63) is 23.8 Å². The number of rotatable bonds is 1. The first-order valence-electron chi connectivity index (χ1n) is 7.15. The van der Waals surface area contributed by atoms with Crippen LogP contribution < -0.4 is 9.44 Å². The lowest BCUT2D eigenvalue weighted by molar-refractivity contribution is -0.00185. The zero-order chi connectivity index (χ0) is 15.9. The van der Waals surface area contributed by atoms with Crippen LogP contribution in [0.4, 0.5) is 0 Å². The molecule has 0 bridgehead atoms. The van der Waals surface area contributed by atoms with Gasteiger partial charge in [-0.05, 0) is 19.8 Å². The Hall–Kier alpha value is -0.730. The average Bonchev–Trinajstić information content (AvgIpc) is 2.43. The van der Waals surface area contributed by atoms with E-state index in [0.29, 0.717) is 13.0 Å². The Labute approximate surface area is 127 Å². The Morgan fingerprint density at radius 3 is 2.76 bits per heavy atom. The highest BCUT2D eigenvalue weighted by Crippen LogP contribution is 2.15. The van der Waals surface area contributed by atoms with Gasteiger partial charge >= 0.3 is 0 Å². The molecule has 0 aromatic rings. The molecular formula is C14H26N2O4S. The van der Waals surface area contributed by atoms with E-state index in [1.54, 1.807) is 7.11 Å². The molecular weight excluding hydrogens is 292 g/mol. The molecule has 1 aliphatic rings. The van der Waals surface area contributed by atoms with Gasteiger partial charge in [0.25, 0.3) is 10.2 Å². The van der Waals surface area contributed by atoms with Gasteiger partial charge in [0.05, 0.1) is 6.10 Å². The molecule has 7 heteroatoms. The van der Waals surface area contributed by atoms with E-state index < -0.39 is 16.3 Å². The molecule has 0 amide bonds. The highest BCUT2D eigenvalue weighted by atomic mass is 32.2. The minimum atomic E-state index is -3.46. The molecule has 6 nitrogen and oxygen atoms in total. The zero-order valence-corrected chi connectivity index (χ0v) is 13.7. The van der Waals surface area contributed by atoms with Crippen molar-refractivity contribution in [3.8, 4) is 0 Å². The van der Waals surface area contributed by atoms with Gasteiger partial charge in [0.2, 0.25) is 0 Å². The Morgan fingerprint density at radius 2 is 2.10 bits per heavy atom. The third-order valence-electron chi connectivity index (χ3n) is 3.40. The molecule has 3 atom stereocenters. The second kappa shape index (κ2) is 8.65. The van der Waals surface area contributed by atoms with Gasteiger partial charge in [-0.2, -0.15) is 13.1 Å². The fraction of sp³-hybridized carbons (Fsp3) is 0.714. The van der Waals surface area contributed by atoms with Crippen molar-refractivity contribution in [2.24, 2.45) is 5.92 Å². The summed E-state index contributed by atoms with van der Waals surface area (Å²) >= 11 is 0. The number of hydrogen-bond acceptors (Lipinski definition) is 4. The van der Waals surface area contributed by atoms with E-state index in [2.05, 4.69) is 9.44 Å². The van der Waals surface area contributed by atoms with Crippen LogP contribution in [-0.4, -0.2) is 45.9 Å². The van der Waals surface area contributed by atoms with Crippen molar-refractivity contribution < 1.29 is 18.3 Å². The molecule has 3 N–H and O–H groups in total. The van der Waals surface area contributed by atoms with E-state index in [4.69, 9.17) is 4.74 Å². The number of aliphatic hydroxyl groups excluding tert-OH is 1. The van der Waals surface area contributed by atoms with E-state index >= 15 is 0 Å². The molecule has 0 radical (unpaired) electrons. The maximum Gasteiger partial charge on any atom is 0.277 e. The predicted octanol–water partition coefficient (Wildman–Crippen LogP) is 0.719. The van der Waals surface area contributed by atoms with Crippen molar-refractivity contribution in [1.82, 2.24) is 9.44 Å². The third-order valence-corrected chi connectivity index (χ3v) is 4.51. The quantitative estimate of drug-likeness (QED) is 0.622. The summed E-state index contributed by atoms with van der Waals surface area (Å²) in [6.45, 7) is 4.31. The van der Waals surface area contributed by atoms with Crippen LogP contribution in [0.5, 0.6) is 0 Å². The monoisotopic (exact) mass is 318 g/mol. The summed E-state index contributed by atoms with van der Waals surface area (Å²) in [6, 6.07) is 0. The summed E-state index contributed by atoms with van der Waals surface area (Å²) in [7, 11) is -1.89. The molecule has 0 saturated heterocycles. The highest BCUT2D eigenvalue weighted by Gasteiger charge is 2.21. The predicted molar refractivity (Wildman–Crippen MR) is 83.0 cm³/mol. The molecule has 1 aliphatic heterocycles. The molecule has 1 heterocycles. The molecule has 0 spiro atoms. The Morgan fingerprint density at radius 1 is 1.38 bits per heavy atom. The van der Waals surface area contributed by atoms with Gasteiger partial charge in [0.15, 0.2) is 0 Å². The first-order chi connectivity index (χ1) is 9.85. The largest absolute Gasteiger partial charge is 0.389 e. The molecule has 0 saturated carbocycles. The van der Waals surface area contributed by atoms with Crippen LogP contribution in [0.3, 0.4) is 0 Å². The van der Waals surface area contributed by atoms with Crippen LogP contribution >= 0.6 is 0 Å². The SMILES string of the molecule is CO[C@H]1/C=C/CCCNS(=O)(=O)NC/C(C)=C\[C@@H](C)[C@@H]1O. The van der Waals surface area contributed by atoms with Gasteiger partial charge in [-0.15, -0.1) is 0 Å². The fourth-order valence-electron chi connectivity index (χ4n) is 2.15. The number of ether oxygens (including phenoxy) is 1. The summed E-state index contributed by atoms with van der Waals surface area (Å²) in [6.07, 6.45) is 5.98. The summed E-state index contributed by atoms with van der Waals surface area (Å²) in [4.78, 5) is 0. The number of aliphatic hydroxyl groups is 1. The second-order valence-electron chi connectivity index (χ2n) is 5.35. The summed E-state index contributed by atoms with van der Waals surface area (Å²) in [5.41, 5.74) is 0.850. The minimum absolute atomic E-state index is 0.139. The molecule has 0 aliphatic carbocycles. The van der Waals surface area contributed by atoms with E-state index in [9.17, 15) is 13.5 Å². The van der Waals surface area contributed by atoms with E-state index in [0.717, 1.165) is 12.0 Å². The molecule has 21 heavy (non-hydrogen) atoms. The second-order valence-corrected chi connectivity index (χ2v) is 6.94. The molecule has 1 rings (SSSR count). The van der Waals surface area contributed by atoms with Gasteiger partial charge < -0.3 is 9.84 Å². The highest BCUT2D eigenvalue weighted by molar-refractivity contribution is 7.87. The van der Waals surface area contributed by atoms with E-state index in [1.807, 2.05) is 32.1 Å². The van der Waals surface area contributed by atoms with Crippen molar-refractivity contribution in [3.63, 3.8) is 0 Å². The van der Waals surface area contributed by atoms with Crippen molar-refractivity contribution in [2.45, 2.75) is 38.9 Å². The maximum atomic E-state index is 11.7. The number of allylic oxidation sites excluding steroid dienone is 1. The number of methoxy groups -OCH3 is 1. The molecule has 0 unspecified atom stereocenters. The van der Waals surface area contributed by atoms with Gasteiger partial charge in [0.1, 0.15) is 6.10 Å². The molecule has 0 fully saturated rings. The Bertz CT molecular complexity index is 473. The fourth-order valence-corrected chi connectivity index (χ4v) is 3.09. The van der Waals surface area contributed by atoms with Crippen molar-refractivity contribution >= 4 is 10.2 Å². The molecule has 0 aromatic carbocycles. The Balaban J connectivity index is 2.88. The Kier molecular flexibility index (Phi) is 7.55. The van der Waals surface area contributed by atoms with Crippen LogP contribution in [-0.2, 0) is 14.9 Å². The van der Waals surface area contributed by atoms with Crippen LogP contribution in [0.25, 0.3) is 0 Å². The van der Waals surface area contributed by atoms with Crippen LogP contribution in [0.15, 0.2) is 23.8 Å². The van der Waals surface area contributed by atoms with E-state index in [-0.39, 0.29) is 18.6 Å². The van der Waals surface area contributed by atoms with Crippen LogP contribution in [0.2, 0.25) is 0 Å². The van der Waals surface area contributed by atoms with Crippen LogP contribution in [0, 0.1) is 5.92 Å². The number of nitrogens with one attached hydrogen (secondary N) is 2. The summed E-state index contributed by atoms with van der Waals surface area (Å²) in [5.74, 6) is -0.139. The van der Waals surface area contributed by atoms with Crippen molar-refractivity contribution in [1.29, 1.82) is 0 Å². The van der Waals surface area contributed by atoms with Gasteiger partial charge in [-0.3, -0.25) is 0 Å². The topological polar surface area (TPSA) is 87.7 Å². The number of hydrogen-bond donors (Lipinski definition) is 3. The van der Waals surface area contributed by atoms with Gasteiger partial charge in [0, 0.05) is 26.1 Å². The van der Waals surface area contributed by atoms with Gasteiger partial charge in [-0.1, -0.05) is 30.7 Å². The van der Waals surface area contributed by atoms with Gasteiger partial charge in [-0.25, -0.2) is 4.72 Å². The first-order valence-corrected chi connectivity index (χ1v) is 8.63. The lowest BCUT2D eigenvalue weighted by atomic mass is 9.96. The third kappa shape index (κ3) is 6.71. The lowest BCUT2D eigenvalue weighted by Crippen LogP contribution is -2.38. The lowest BCUT2D eigenvalue weighted by Gasteiger charge is -2.23. The summed E-state index contributed by atoms with van der Waals surface area (Å²) < 4.78 is 33.7. The average molecular weight is 318 g/mol.